The summed E-state index contributed by atoms with van der Waals surface area (Å²) in [7, 11) is 1.61. The molecule has 16 heavy (non-hydrogen) atoms. The molecule has 0 aliphatic rings. The number of oxazole rings is 1. The molecular formula is C11H12N2O2S. The maximum atomic E-state index is 5.75. The molecule has 0 saturated carbocycles. The van der Waals surface area contributed by atoms with Gasteiger partial charge in [0, 0.05) is 16.6 Å². The second-order valence-corrected chi connectivity index (χ2v) is 4.32. The summed E-state index contributed by atoms with van der Waals surface area (Å²) in [5.74, 6) is 0.728. The van der Waals surface area contributed by atoms with Crippen molar-refractivity contribution in [1.82, 2.24) is 4.98 Å². The van der Waals surface area contributed by atoms with E-state index >= 15 is 0 Å². The fourth-order valence-corrected chi connectivity index (χ4v) is 2.11. The minimum Gasteiger partial charge on any atom is -0.497 e. The van der Waals surface area contributed by atoms with E-state index in [9.17, 15) is 0 Å². The highest BCUT2D eigenvalue weighted by Gasteiger charge is 2.06. The smallest absolute Gasteiger partial charge is 0.260 e. The van der Waals surface area contributed by atoms with Crippen LogP contribution in [0.1, 0.15) is 5.69 Å². The Morgan fingerprint density at radius 2 is 2.19 bits per heavy atom. The third-order valence-electron chi connectivity index (χ3n) is 1.94. The molecule has 1 aromatic heterocycles. The Balaban J connectivity index is 2.24. The number of aromatic nitrogens is 1. The van der Waals surface area contributed by atoms with E-state index in [0.717, 1.165) is 16.3 Å². The van der Waals surface area contributed by atoms with E-state index in [4.69, 9.17) is 14.9 Å². The third-order valence-corrected chi connectivity index (χ3v) is 2.77. The van der Waals surface area contributed by atoms with Gasteiger partial charge in [-0.1, -0.05) is 0 Å². The van der Waals surface area contributed by atoms with E-state index in [0.29, 0.717) is 10.9 Å². The summed E-state index contributed by atoms with van der Waals surface area (Å²) in [5, 5.41) is 0.602. The molecule has 0 saturated heterocycles. The van der Waals surface area contributed by atoms with E-state index in [1.165, 1.54) is 11.8 Å². The first kappa shape index (κ1) is 10.9. The minimum absolute atomic E-state index is 0.602. The zero-order valence-electron chi connectivity index (χ0n) is 9.06. The van der Waals surface area contributed by atoms with Crippen LogP contribution in [-0.4, -0.2) is 12.1 Å². The van der Waals surface area contributed by atoms with Crippen LogP contribution in [0, 0.1) is 6.92 Å². The lowest BCUT2D eigenvalue weighted by Crippen LogP contribution is -1.89. The van der Waals surface area contributed by atoms with Gasteiger partial charge in [0.1, 0.15) is 12.0 Å². The zero-order chi connectivity index (χ0) is 11.5. The third kappa shape index (κ3) is 2.49. The number of rotatable bonds is 3. The zero-order valence-corrected chi connectivity index (χ0v) is 9.88. The molecule has 0 unspecified atom stereocenters. The standard InChI is InChI=1S/C11H12N2O2S/c1-7-6-15-11(13-7)16-10-4-8(12)3-9(5-10)14-2/h3-6H,12H2,1-2H3. The minimum atomic E-state index is 0.602. The second-order valence-electron chi connectivity index (χ2n) is 3.30. The Labute approximate surface area is 97.8 Å². The molecule has 2 rings (SSSR count). The molecule has 4 nitrogen and oxygen atoms in total. The summed E-state index contributed by atoms with van der Waals surface area (Å²) >= 11 is 1.41. The van der Waals surface area contributed by atoms with Gasteiger partial charge in [-0.3, -0.25) is 0 Å². The predicted molar refractivity (Wildman–Crippen MR) is 62.8 cm³/mol. The molecule has 0 atom stereocenters. The number of nitrogen functional groups attached to an aromatic ring is 1. The largest absolute Gasteiger partial charge is 0.497 e. The average Bonchev–Trinajstić information content (AvgIpc) is 2.63. The monoisotopic (exact) mass is 236 g/mol. The Bertz CT molecular complexity index is 496. The number of benzene rings is 1. The summed E-state index contributed by atoms with van der Waals surface area (Å²) in [6.45, 7) is 1.88. The number of aryl methyl sites for hydroxylation is 1. The quantitative estimate of drug-likeness (QED) is 0.830. The molecule has 0 aliphatic carbocycles. The van der Waals surface area contributed by atoms with E-state index in [1.807, 2.05) is 19.1 Å². The molecular weight excluding hydrogens is 224 g/mol. The molecule has 2 N–H and O–H groups in total. The van der Waals surface area contributed by atoms with Crippen molar-refractivity contribution in [1.29, 1.82) is 0 Å². The van der Waals surface area contributed by atoms with Gasteiger partial charge in [-0.2, -0.15) is 0 Å². The highest BCUT2D eigenvalue weighted by atomic mass is 32.2. The van der Waals surface area contributed by atoms with Crippen molar-refractivity contribution in [2.24, 2.45) is 0 Å². The molecule has 0 spiro atoms. The first-order valence-electron chi connectivity index (χ1n) is 4.72. The summed E-state index contributed by atoms with van der Waals surface area (Å²) in [5.41, 5.74) is 7.27. The Kier molecular flexibility index (Phi) is 3.05. The van der Waals surface area contributed by atoms with Crippen LogP contribution < -0.4 is 10.5 Å². The fraction of sp³-hybridized carbons (Fsp3) is 0.182. The number of hydrogen-bond donors (Lipinski definition) is 1. The van der Waals surface area contributed by atoms with Crippen LogP contribution in [0.2, 0.25) is 0 Å². The molecule has 0 amide bonds. The average molecular weight is 236 g/mol. The lowest BCUT2D eigenvalue weighted by molar-refractivity contribution is 0.414. The van der Waals surface area contributed by atoms with Gasteiger partial charge in [0.15, 0.2) is 0 Å². The van der Waals surface area contributed by atoms with Gasteiger partial charge < -0.3 is 14.9 Å². The molecule has 0 bridgehead atoms. The summed E-state index contributed by atoms with van der Waals surface area (Å²) in [6, 6.07) is 5.51. The Morgan fingerprint density at radius 1 is 1.38 bits per heavy atom. The number of ether oxygens (including phenoxy) is 1. The van der Waals surface area contributed by atoms with Gasteiger partial charge in [-0.15, -0.1) is 0 Å². The van der Waals surface area contributed by atoms with Crippen LogP contribution in [-0.2, 0) is 0 Å². The maximum Gasteiger partial charge on any atom is 0.260 e. The molecule has 2 aromatic rings. The fourth-order valence-electron chi connectivity index (χ4n) is 1.25. The van der Waals surface area contributed by atoms with Crippen LogP contribution >= 0.6 is 11.8 Å². The summed E-state index contributed by atoms with van der Waals surface area (Å²) in [4.78, 5) is 5.15. The number of nitrogens with zero attached hydrogens (tertiary/aromatic N) is 1. The van der Waals surface area contributed by atoms with Crippen molar-refractivity contribution >= 4 is 17.4 Å². The summed E-state index contributed by atoms with van der Waals surface area (Å²) in [6.07, 6.45) is 1.62. The summed E-state index contributed by atoms with van der Waals surface area (Å²) < 4.78 is 10.4. The van der Waals surface area contributed by atoms with Crippen LogP contribution in [0.15, 0.2) is 39.0 Å². The lowest BCUT2D eigenvalue weighted by atomic mass is 10.3. The Morgan fingerprint density at radius 3 is 2.81 bits per heavy atom. The highest BCUT2D eigenvalue weighted by Crippen LogP contribution is 2.31. The van der Waals surface area contributed by atoms with E-state index in [1.54, 1.807) is 19.4 Å². The molecule has 0 fully saturated rings. The Hall–Kier alpha value is -1.62. The second kappa shape index (κ2) is 4.49. The van der Waals surface area contributed by atoms with Crippen molar-refractivity contribution in [2.75, 3.05) is 12.8 Å². The SMILES string of the molecule is COc1cc(N)cc(Sc2nc(C)co2)c1. The van der Waals surface area contributed by atoms with Crippen LogP contribution in [0.5, 0.6) is 5.75 Å². The number of methoxy groups -OCH3 is 1. The molecule has 0 radical (unpaired) electrons. The molecule has 84 valence electrons. The predicted octanol–water partition coefficient (Wildman–Crippen LogP) is 2.73. The van der Waals surface area contributed by atoms with E-state index in [2.05, 4.69) is 4.98 Å². The number of anilines is 1. The van der Waals surface area contributed by atoms with Crippen LogP contribution in [0.4, 0.5) is 5.69 Å². The van der Waals surface area contributed by atoms with Gasteiger partial charge in [-0.25, -0.2) is 4.98 Å². The highest BCUT2D eigenvalue weighted by molar-refractivity contribution is 7.99. The first-order chi connectivity index (χ1) is 7.67. The molecule has 0 aliphatic heterocycles. The molecule has 1 aromatic carbocycles. The lowest BCUT2D eigenvalue weighted by Gasteiger charge is -2.04. The van der Waals surface area contributed by atoms with Gasteiger partial charge in [0.25, 0.3) is 5.22 Å². The van der Waals surface area contributed by atoms with Gasteiger partial charge in [-0.05, 0) is 30.8 Å². The topological polar surface area (TPSA) is 61.3 Å². The maximum absolute atomic E-state index is 5.75. The van der Waals surface area contributed by atoms with Crippen molar-refractivity contribution in [3.63, 3.8) is 0 Å². The van der Waals surface area contributed by atoms with Crippen LogP contribution in [0.25, 0.3) is 0 Å². The van der Waals surface area contributed by atoms with E-state index < -0.39 is 0 Å². The van der Waals surface area contributed by atoms with E-state index in [-0.39, 0.29) is 0 Å². The van der Waals surface area contributed by atoms with Crippen molar-refractivity contribution in [3.05, 3.63) is 30.2 Å². The molecule has 1 heterocycles. The normalized spacial score (nSPS) is 10.4. The van der Waals surface area contributed by atoms with Crippen molar-refractivity contribution < 1.29 is 9.15 Å². The van der Waals surface area contributed by atoms with Gasteiger partial charge in [0.2, 0.25) is 0 Å². The number of hydrogen-bond acceptors (Lipinski definition) is 5. The van der Waals surface area contributed by atoms with Crippen molar-refractivity contribution in [3.8, 4) is 5.75 Å². The first-order valence-corrected chi connectivity index (χ1v) is 5.53. The van der Waals surface area contributed by atoms with Crippen LogP contribution in [0.3, 0.4) is 0 Å². The van der Waals surface area contributed by atoms with Crippen molar-refractivity contribution in [2.45, 2.75) is 17.0 Å². The molecule has 5 heteroatoms. The van der Waals surface area contributed by atoms with Gasteiger partial charge >= 0.3 is 0 Å². The number of nitrogens with two attached hydrogens (primary N) is 1. The van der Waals surface area contributed by atoms with Gasteiger partial charge in [0.05, 0.1) is 12.8 Å².